The summed E-state index contributed by atoms with van der Waals surface area (Å²) in [4.78, 5) is 4.22. The van der Waals surface area contributed by atoms with Crippen LogP contribution in [-0.4, -0.2) is 15.2 Å². The number of aryl methyl sites for hydroxylation is 1. The molecule has 0 aliphatic heterocycles. The first kappa shape index (κ1) is 10.3. The molecule has 0 spiro atoms. The second-order valence-electron chi connectivity index (χ2n) is 3.90. The van der Waals surface area contributed by atoms with Gasteiger partial charge in [-0.15, -0.1) is 5.10 Å². The third-order valence-corrected chi connectivity index (χ3v) is 2.61. The number of fused-ring (bicyclic) bond motifs is 1. The summed E-state index contributed by atoms with van der Waals surface area (Å²) < 4.78 is 0. The lowest BCUT2D eigenvalue weighted by atomic mass is 10.0. The van der Waals surface area contributed by atoms with Gasteiger partial charge in [0.05, 0.1) is 5.69 Å². The van der Waals surface area contributed by atoms with E-state index in [0.717, 1.165) is 22.2 Å². The summed E-state index contributed by atoms with van der Waals surface area (Å²) in [5.74, 6) is 0.332. The minimum Gasteiger partial charge on any atom is -0.261 e. The van der Waals surface area contributed by atoms with Gasteiger partial charge < -0.3 is 0 Å². The van der Waals surface area contributed by atoms with Gasteiger partial charge in [0.25, 0.3) is 0 Å². The van der Waals surface area contributed by atoms with Crippen molar-refractivity contribution < 1.29 is 0 Å². The maximum absolute atomic E-state index is 5.97. The zero-order chi connectivity index (χ0) is 11.0. The fraction of sp³-hybridized carbons (Fsp3) is 0.364. The Hall–Kier alpha value is -1.22. The normalized spacial score (nSPS) is 11.3. The van der Waals surface area contributed by atoms with Crippen molar-refractivity contribution in [3.63, 3.8) is 0 Å². The van der Waals surface area contributed by atoms with Crippen molar-refractivity contribution in [3.05, 3.63) is 28.8 Å². The molecular weight excluding hydrogens is 210 g/mol. The Kier molecular flexibility index (Phi) is 2.57. The minimum atomic E-state index is 0.332. The zero-order valence-corrected chi connectivity index (χ0v) is 9.71. The monoisotopic (exact) mass is 221 g/mol. The highest BCUT2D eigenvalue weighted by Crippen LogP contribution is 2.26. The Morgan fingerprint density at radius 2 is 1.93 bits per heavy atom. The number of hydrogen-bond donors (Lipinski definition) is 0. The summed E-state index contributed by atoms with van der Waals surface area (Å²) in [6, 6.07) is 2.01. The van der Waals surface area contributed by atoms with Gasteiger partial charge in [0.15, 0.2) is 5.15 Å². The molecule has 2 heterocycles. The molecule has 0 bridgehead atoms. The van der Waals surface area contributed by atoms with Crippen LogP contribution in [0.4, 0.5) is 0 Å². The van der Waals surface area contributed by atoms with E-state index in [0.29, 0.717) is 11.1 Å². The molecule has 0 radical (unpaired) electrons. The third kappa shape index (κ3) is 1.79. The average Bonchev–Trinajstić information content (AvgIpc) is 2.17. The van der Waals surface area contributed by atoms with Crippen molar-refractivity contribution in [1.29, 1.82) is 0 Å². The van der Waals surface area contributed by atoms with Crippen molar-refractivity contribution in [3.8, 4) is 0 Å². The van der Waals surface area contributed by atoms with Crippen LogP contribution in [0.2, 0.25) is 5.15 Å². The molecule has 0 aromatic carbocycles. The summed E-state index contributed by atoms with van der Waals surface area (Å²) in [6.07, 6.45) is 1.76. The number of nitrogens with zero attached hydrogens (tertiary/aromatic N) is 3. The predicted octanol–water partition coefficient (Wildman–Crippen LogP) is 3.11. The molecule has 78 valence electrons. The van der Waals surface area contributed by atoms with Crippen LogP contribution in [-0.2, 0) is 0 Å². The second kappa shape index (κ2) is 3.74. The smallest absolute Gasteiger partial charge is 0.161 e. The molecule has 0 unspecified atom stereocenters. The lowest BCUT2D eigenvalue weighted by molar-refractivity contribution is 0.798. The Bertz CT molecular complexity index is 508. The molecule has 15 heavy (non-hydrogen) atoms. The Balaban J connectivity index is 2.84. The van der Waals surface area contributed by atoms with Gasteiger partial charge in [-0.1, -0.05) is 25.4 Å². The molecular formula is C11H12ClN3. The fourth-order valence-electron chi connectivity index (χ4n) is 1.57. The largest absolute Gasteiger partial charge is 0.261 e. The van der Waals surface area contributed by atoms with E-state index in [9.17, 15) is 0 Å². The van der Waals surface area contributed by atoms with Crippen molar-refractivity contribution in [1.82, 2.24) is 15.2 Å². The Labute approximate surface area is 93.5 Å². The SMILES string of the molecule is Cc1cc2c(C(C)C)nnc(Cl)c2cn1. The standard InChI is InChI=1S/C11H12ClN3/c1-6(2)10-8-4-7(3)13-5-9(8)11(12)15-14-10/h4-6H,1-3H3. The van der Waals surface area contributed by atoms with Gasteiger partial charge in [-0.3, -0.25) is 4.98 Å². The van der Waals surface area contributed by atoms with Crippen LogP contribution in [0.3, 0.4) is 0 Å². The molecule has 0 aliphatic rings. The van der Waals surface area contributed by atoms with Crippen LogP contribution in [0.25, 0.3) is 10.8 Å². The highest BCUT2D eigenvalue weighted by Gasteiger charge is 2.11. The van der Waals surface area contributed by atoms with Crippen molar-refractivity contribution in [2.24, 2.45) is 0 Å². The van der Waals surface area contributed by atoms with E-state index in [2.05, 4.69) is 29.0 Å². The van der Waals surface area contributed by atoms with Crippen LogP contribution < -0.4 is 0 Å². The first-order chi connectivity index (χ1) is 7.09. The first-order valence-corrected chi connectivity index (χ1v) is 5.26. The van der Waals surface area contributed by atoms with E-state index in [-0.39, 0.29) is 0 Å². The topological polar surface area (TPSA) is 38.7 Å². The molecule has 4 heteroatoms. The highest BCUT2D eigenvalue weighted by molar-refractivity contribution is 6.34. The van der Waals surface area contributed by atoms with Crippen molar-refractivity contribution >= 4 is 22.4 Å². The first-order valence-electron chi connectivity index (χ1n) is 4.88. The summed E-state index contributed by atoms with van der Waals surface area (Å²) in [5.41, 5.74) is 1.94. The molecule has 2 aromatic rings. The van der Waals surface area contributed by atoms with Crippen LogP contribution in [0.5, 0.6) is 0 Å². The van der Waals surface area contributed by atoms with Gasteiger partial charge in [-0.05, 0) is 18.9 Å². The highest BCUT2D eigenvalue weighted by atomic mass is 35.5. The van der Waals surface area contributed by atoms with E-state index in [1.165, 1.54) is 0 Å². The number of halogens is 1. The molecule has 2 rings (SSSR count). The molecule has 0 fully saturated rings. The molecule has 0 atom stereocenters. The third-order valence-electron chi connectivity index (χ3n) is 2.33. The second-order valence-corrected chi connectivity index (χ2v) is 4.26. The van der Waals surface area contributed by atoms with Gasteiger partial charge in [-0.2, -0.15) is 5.10 Å². The van der Waals surface area contributed by atoms with E-state index in [1.807, 2.05) is 13.0 Å². The molecule has 0 amide bonds. The summed E-state index contributed by atoms with van der Waals surface area (Å²) in [7, 11) is 0. The average molecular weight is 222 g/mol. The minimum absolute atomic E-state index is 0.332. The number of hydrogen-bond acceptors (Lipinski definition) is 3. The van der Waals surface area contributed by atoms with Gasteiger partial charge in [0.1, 0.15) is 0 Å². The Morgan fingerprint density at radius 1 is 1.20 bits per heavy atom. The van der Waals surface area contributed by atoms with Gasteiger partial charge in [0.2, 0.25) is 0 Å². The lowest BCUT2D eigenvalue weighted by Gasteiger charge is -2.08. The number of rotatable bonds is 1. The van der Waals surface area contributed by atoms with Crippen molar-refractivity contribution in [2.45, 2.75) is 26.7 Å². The quantitative estimate of drug-likeness (QED) is 0.743. The molecule has 0 saturated carbocycles. The predicted molar refractivity (Wildman–Crippen MR) is 61.2 cm³/mol. The maximum Gasteiger partial charge on any atom is 0.161 e. The molecule has 0 N–H and O–H groups in total. The van der Waals surface area contributed by atoms with Crippen LogP contribution in [0, 0.1) is 6.92 Å². The Morgan fingerprint density at radius 3 is 2.60 bits per heavy atom. The number of pyridine rings is 1. The lowest BCUT2D eigenvalue weighted by Crippen LogP contribution is -1.98. The number of aromatic nitrogens is 3. The molecule has 2 aromatic heterocycles. The molecule has 0 saturated heterocycles. The van der Waals surface area contributed by atoms with Crippen LogP contribution >= 0.6 is 11.6 Å². The van der Waals surface area contributed by atoms with Crippen molar-refractivity contribution in [2.75, 3.05) is 0 Å². The zero-order valence-electron chi connectivity index (χ0n) is 8.95. The van der Waals surface area contributed by atoms with Gasteiger partial charge in [-0.25, -0.2) is 0 Å². The van der Waals surface area contributed by atoms with E-state index in [1.54, 1.807) is 6.20 Å². The summed E-state index contributed by atoms with van der Waals surface area (Å²) in [6.45, 7) is 6.14. The van der Waals surface area contributed by atoms with Crippen LogP contribution in [0.1, 0.15) is 31.2 Å². The van der Waals surface area contributed by atoms with E-state index in [4.69, 9.17) is 11.6 Å². The van der Waals surface area contributed by atoms with E-state index >= 15 is 0 Å². The van der Waals surface area contributed by atoms with E-state index < -0.39 is 0 Å². The summed E-state index contributed by atoms with van der Waals surface area (Å²) >= 11 is 5.97. The van der Waals surface area contributed by atoms with Crippen LogP contribution in [0.15, 0.2) is 12.3 Å². The summed E-state index contributed by atoms with van der Waals surface area (Å²) in [5, 5.41) is 10.4. The fourth-order valence-corrected chi connectivity index (χ4v) is 1.76. The molecule has 0 aliphatic carbocycles. The molecule has 3 nitrogen and oxygen atoms in total. The maximum atomic E-state index is 5.97. The van der Waals surface area contributed by atoms with Gasteiger partial charge >= 0.3 is 0 Å². The van der Waals surface area contributed by atoms with Gasteiger partial charge in [0, 0.05) is 22.7 Å².